The molecular formula is C18H24O3. The fourth-order valence-electron chi connectivity index (χ4n) is 2.39. The van der Waals surface area contributed by atoms with Crippen molar-refractivity contribution in [3.8, 4) is 5.75 Å². The van der Waals surface area contributed by atoms with Crippen molar-refractivity contribution in [2.24, 2.45) is 5.92 Å². The maximum absolute atomic E-state index is 12.6. The number of aromatic hydroxyl groups is 1. The van der Waals surface area contributed by atoms with Crippen molar-refractivity contribution in [2.45, 2.75) is 46.0 Å². The molecule has 1 aromatic rings. The highest BCUT2D eigenvalue weighted by atomic mass is 16.3. The lowest BCUT2D eigenvalue weighted by molar-refractivity contribution is -0.107. The molecule has 1 N–H and O–H groups in total. The molecule has 0 heterocycles. The van der Waals surface area contributed by atoms with Gasteiger partial charge in [0.05, 0.1) is 5.56 Å². The van der Waals surface area contributed by atoms with Crippen LogP contribution in [0.1, 0.15) is 56.3 Å². The Hall–Kier alpha value is -1.90. The molecule has 1 aromatic carbocycles. The van der Waals surface area contributed by atoms with E-state index in [2.05, 4.69) is 6.92 Å². The number of ketones is 1. The number of phenols is 1. The van der Waals surface area contributed by atoms with Crippen molar-refractivity contribution in [3.05, 3.63) is 41.5 Å². The number of rotatable bonds is 9. The number of carbonyl (C=O) groups excluding carboxylic acids is 2. The largest absolute Gasteiger partial charge is 0.507 e. The van der Waals surface area contributed by atoms with Crippen molar-refractivity contribution in [1.82, 2.24) is 0 Å². The van der Waals surface area contributed by atoms with Crippen LogP contribution in [0.15, 0.2) is 35.9 Å². The molecule has 3 heteroatoms. The summed E-state index contributed by atoms with van der Waals surface area (Å²) in [5, 5.41) is 9.86. The highest BCUT2D eigenvalue weighted by Crippen LogP contribution is 2.26. The molecule has 0 radical (unpaired) electrons. The SMILES string of the molecule is CCCC(C)/C(=C\CCCC=O)C(=O)c1ccccc1O. The Bertz CT molecular complexity index is 503. The summed E-state index contributed by atoms with van der Waals surface area (Å²) in [4.78, 5) is 23.0. The van der Waals surface area contributed by atoms with Gasteiger partial charge < -0.3 is 9.90 Å². The molecule has 0 spiro atoms. The first-order valence-electron chi connectivity index (χ1n) is 7.58. The number of para-hydroxylation sites is 1. The molecule has 0 saturated heterocycles. The lowest BCUT2D eigenvalue weighted by Crippen LogP contribution is -2.11. The molecule has 1 unspecified atom stereocenters. The van der Waals surface area contributed by atoms with Gasteiger partial charge in [-0.15, -0.1) is 0 Å². The van der Waals surface area contributed by atoms with Gasteiger partial charge in [0.25, 0.3) is 0 Å². The van der Waals surface area contributed by atoms with E-state index in [1.807, 2.05) is 13.0 Å². The molecule has 0 aromatic heterocycles. The summed E-state index contributed by atoms with van der Waals surface area (Å²) >= 11 is 0. The molecule has 1 rings (SSSR count). The Balaban J connectivity index is 2.97. The van der Waals surface area contributed by atoms with Gasteiger partial charge in [0.15, 0.2) is 5.78 Å². The summed E-state index contributed by atoms with van der Waals surface area (Å²) in [6.07, 6.45) is 6.73. The minimum Gasteiger partial charge on any atom is -0.507 e. The number of unbranched alkanes of at least 4 members (excludes halogenated alkanes) is 2. The van der Waals surface area contributed by atoms with Crippen LogP contribution in [0.2, 0.25) is 0 Å². The highest BCUT2D eigenvalue weighted by Gasteiger charge is 2.20. The zero-order valence-electron chi connectivity index (χ0n) is 12.8. The van der Waals surface area contributed by atoms with Crippen LogP contribution < -0.4 is 0 Å². The van der Waals surface area contributed by atoms with Crippen LogP contribution in [0.3, 0.4) is 0 Å². The van der Waals surface area contributed by atoms with Gasteiger partial charge in [0, 0.05) is 6.42 Å². The Labute approximate surface area is 126 Å². The molecule has 1 atom stereocenters. The second kappa shape index (κ2) is 9.11. The smallest absolute Gasteiger partial charge is 0.192 e. The van der Waals surface area contributed by atoms with E-state index >= 15 is 0 Å². The van der Waals surface area contributed by atoms with Gasteiger partial charge >= 0.3 is 0 Å². The number of hydrogen-bond acceptors (Lipinski definition) is 3. The summed E-state index contributed by atoms with van der Waals surface area (Å²) in [6, 6.07) is 6.63. The molecule has 0 bridgehead atoms. The number of aldehydes is 1. The topological polar surface area (TPSA) is 54.4 Å². The number of Topliss-reactive ketones (excluding diaryl/α,β-unsaturated/α-hetero) is 1. The molecule has 114 valence electrons. The van der Waals surface area contributed by atoms with E-state index < -0.39 is 0 Å². The predicted octanol–water partition coefficient (Wildman–Crippen LogP) is 4.31. The maximum atomic E-state index is 12.6. The Morgan fingerprint density at radius 2 is 2.00 bits per heavy atom. The van der Waals surface area contributed by atoms with Gasteiger partial charge in [-0.05, 0) is 42.9 Å². The van der Waals surface area contributed by atoms with Crippen LogP contribution in [0.5, 0.6) is 5.75 Å². The van der Waals surface area contributed by atoms with E-state index in [9.17, 15) is 14.7 Å². The van der Waals surface area contributed by atoms with Crippen LogP contribution in [0.4, 0.5) is 0 Å². The Kier molecular flexibility index (Phi) is 7.44. The number of allylic oxidation sites excluding steroid dienone is 2. The van der Waals surface area contributed by atoms with Crippen LogP contribution in [-0.4, -0.2) is 17.2 Å². The molecule has 0 aliphatic rings. The van der Waals surface area contributed by atoms with Crippen LogP contribution in [0.25, 0.3) is 0 Å². The van der Waals surface area contributed by atoms with Crippen molar-refractivity contribution in [1.29, 1.82) is 0 Å². The summed E-state index contributed by atoms with van der Waals surface area (Å²) in [5.74, 6) is 0.0588. The molecule has 3 nitrogen and oxygen atoms in total. The summed E-state index contributed by atoms with van der Waals surface area (Å²) in [5.41, 5.74) is 1.09. The number of phenolic OH excluding ortho intramolecular Hbond substituents is 1. The van der Waals surface area contributed by atoms with Gasteiger partial charge in [-0.2, -0.15) is 0 Å². The molecule has 0 aliphatic heterocycles. The fourth-order valence-corrected chi connectivity index (χ4v) is 2.39. The van der Waals surface area contributed by atoms with E-state index in [0.717, 1.165) is 31.1 Å². The molecule has 0 amide bonds. The van der Waals surface area contributed by atoms with Gasteiger partial charge in [-0.3, -0.25) is 4.79 Å². The molecule has 0 saturated carbocycles. The first-order chi connectivity index (χ1) is 10.1. The first kappa shape index (κ1) is 17.2. The van der Waals surface area contributed by atoms with Crippen LogP contribution in [-0.2, 0) is 4.79 Å². The third-order valence-electron chi connectivity index (χ3n) is 3.55. The van der Waals surface area contributed by atoms with Gasteiger partial charge in [0.2, 0.25) is 0 Å². The van der Waals surface area contributed by atoms with E-state index in [1.54, 1.807) is 18.2 Å². The molecule has 21 heavy (non-hydrogen) atoms. The quantitative estimate of drug-likeness (QED) is 0.319. The zero-order chi connectivity index (χ0) is 15.7. The Morgan fingerprint density at radius 3 is 2.62 bits per heavy atom. The van der Waals surface area contributed by atoms with Crippen molar-refractivity contribution < 1.29 is 14.7 Å². The molecular weight excluding hydrogens is 264 g/mol. The van der Waals surface area contributed by atoms with E-state index in [4.69, 9.17) is 0 Å². The predicted molar refractivity (Wildman–Crippen MR) is 84.5 cm³/mol. The normalized spacial score (nSPS) is 13.0. The van der Waals surface area contributed by atoms with Crippen molar-refractivity contribution >= 4 is 12.1 Å². The molecule has 0 fully saturated rings. The number of hydrogen-bond donors (Lipinski definition) is 1. The minimum absolute atomic E-state index is 0.0185. The summed E-state index contributed by atoms with van der Waals surface area (Å²) in [6.45, 7) is 4.12. The standard InChI is InChI=1S/C18H24O3/c1-3-9-14(2)15(10-5-4-8-13-19)18(21)16-11-6-7-12-17(16)20/h6-7,10-14,20H,3-5,8-9H2,1-2H3/b15-10+. The average molecular weight is 288 g/mol. The fraction of sp³-hybridized carbons (Fsp3) is 0.444. The second-order valence-corrected chi connectivity index (χ2v) is 5.29. The molecule has 0 aliphatic carbocycles. The lowest BCUT2D eigenvalue weighted by atomic mass is 9.88. The highest BCUT2D eigenvalue weighted by molar-refractivity contribution is 6.10. The lowest BCUT2D eigenvalue weighted by Gasteiger charge is -2.15. The third-order valence-corrected chi connectivity index (χ3v) is 3.55. The number of carbonyl (C=O) groups is 2. The average Bonchev–Trinajstić information content (AvgIpc) is 2.47. The Morgan fingerprint density at radius 1 is 1.29 bits per heavy atom. The summed E-state index contributed by atoms with van der Waals surface area (Å²) in [7, 11) is 0. The van der Waals surface area contributed by atoms with Gasteiger partial charge in [-0.1, -0.05) is 38.5 Å². The van der Waals surface area contributed by atoms with Crippen molar-refractivity contribution in [3.63, 3.8) is 0 Å². The van der Waals surface area contributed by atoms with Gasteiger partial charge in [-0.25, -0.2) is 0 Å². The van der Waals surface area contributed by atoms with Crippen LogP contribution >= 0.6 is 0 Å². The summed E-state index contributed by atoms with van der Waals surface area (Å²) < 4.78 is 0. The van der Waals surface area contributed by atoms with E-state index in [-0.39, 0.29) is 17.5 Å². The maximum Gasteiger partial charge on any atom is 0.192 e. The van der Waals surface area contributed by atoms with E-state index in [0.29, 0.717) is 18.4 Å². The monoisotopic (exact) mass is 288 g/mol. The van der Waals surface area contributed by atoms with Crippen molar-refractivity contribution in [2.75, 3.05) is 0 Å². The second-order valence-electron chi connectivity index (χ2n) is 5.29. The van der Waals surface area contributed by atoms with Gasteiger partial charge in [0.1, 0.15) is 12.0 Å². The van der Waals surface area contributed by atoms with Crippen LogP contribution in [0, 0.1) is 5.92 Å². The minimum atomic E-state index is -0.111. The zero-order valence-corrected chi connectivity index (χ0v) is 12.8. The number of benzene rings is 1. The van der Waals surface area contributed by atoms with E-state index in [1.165, 1.54) is 6.07 Å². The first-order valence-corrected chi connectivity index (χ1v) is 7.58. The third kappa shape index (κ3) is 5.18.